The highest BCUT2D eigenvalue weighted by molar-refractivity contribution is 5.86. The van der Waals surface area contributed by atoms with Crippen LogP contribution in [0.3, 0.4) is 0 Å². The highest BCUT2D eigenvalue weighted by atomic mass is 16.7. The Hall–Kier alpha value is -3.51. The maximum atomic E-state index is 12.8. The highest BCUT2D eigenvalue weighted by Crippen LogP contribution is 2.36. The van der Waals surface area contributed by atoms with Crippen molar-refractivity contribution >= 4 is 11.0 Å². The van der Waals surface area contributed by atoms with E-state index in [1.54, 1.807) is 0 Å². The second-order valence-electron chi connectivity index (χ2n) is 10.0. The molecule has 3 aromatic rings. The smallest absolute Gasteiger partial charge is 0.229 e. The fourth-order valence-electron chi connectivity index (χ4n) is 4.69. The molecular weight excluding hydrogens is 564 g/mol. The lowest BCUT2D eigenvalue weighted by Gasteiger charge is -2.40. The molecule has 2 aliphatic rings. The molecule has 5 rings (SSSR count). The molecule has 2 saturated heterocycles. The van der Waals surface area contributed by atoms with E-state index in [0.29, 0.717) is 5.56 Å². The summed E-state index contributed by atoms with van der Waals surface area (Å²) in [6.07, 6.45) is -11.2. The number of methoxy groups -OCH3 is 1. The first-order chi connectivity index (χ1) is 19.9. The van der Waals surface area contributed by atoms with Crippen LogP contribution in [0.2, 0.25) is 0 Å². The van der Waals surface area contributed by atoms with Gasteiger partial charge in [0.15, 0.2) is 23.2 Å². The Bertz CT molecular complexity index is 1490. The molecule has 1 aromatic heterocycles. The van der Waals surface area contributed by atoms with Crippen LogP contribution < -0.4 is 14.9 Å². The van der Waals surface area contributed by atoms with E-state index in [1.807, 2.05) is 0 Å². The Balaban J connectivity index is 1.37. The molecule has 2 aromatic carbocycles. The van der Waals surface area contributed by atoms with Crippen molar-refractivity contribution in [1.29, 1.82) is 0 Å². The van der Waals surface area contributed by atoms with Gasteiger partial charge in [0.05, 0.1) is 26.9 Å². The van der Waals surface area contributed by atoms with Crippen LogP contribution >= 0.6 is 0 Å². The minimum Gasteiger partial charge on any atom is -0.507 e. The molecule has 3 heterocycles. The van der Waals surface area contributed by atoms with E-state index in [9.17, 15) is 45.6 Å². The normalized spacial score (nSPS) is 31.4. The third kappa shape index (κ3) is 5.49. The standard InChI is InChI=1S/C27H30O15/c1-37-17-4-11(2-3-13(17)29)16-7-15(31)20-14(30)5-12(6-18(20)41-16)40-25-23(34)22(33)21(32)19(42-25)8-38-26-24(35)27(36,9-28)10-39-26/h2-7,19,21-26,28-30,32-36H,8-10H2,1H3/t19?,21-,22+,23?,24-,25-,26-,27?/m1/s1. The summed E-state index contributed by atoms with van der Waals surface area (Å²) in [5, 5.41) is 81.1. The van der Waals surface area contributed by atoms with Crippen LogP contribution in [0.5, 0.6) is 23.0 Å². The van der Waals surface area contributed by atoms with Gasteiger partial charge >= 0.3 is 0 Å². The number of hydrogen-bond acceptors (Lipinski definition) is 15. The number of phenols is 2. The number of benzene rings is 2. The molecule has 0 radical (unpaired) electrons. The zero-order valence-electron chi connectivity index (χ0n) is 22.1. The lowest BCUT2D eigenvalue weighted by Crippen LogP contribution is -2.60. The van der Waals surface area contributed by atoms with E-state index in [-0.39, 0.29) is 34.0 Å². The molecule has 2 fully saturated rings. The number of fused-ring (bicyclic) bond motifs is 1. The van der Waals surface area contributed by atoms with Crippen molar-refractivity contribution in [3.63, 3.8) is 0 Å². The predicted octanol–water partition coefficient (Wildman–Crippen LogP) is -1.48. The molecule has 0 aliphatic carbocycles. The molecule has 15 nitrogen and oxygen atoms in total. The van der Waals surface area contributed by atoms with Crippen molar-refractivity contribution in [2.75, 3.05) is 26.9 Å². The van der Waals surface area contributed by atoms with Crippen molar-refractivity contribution in [3.05, 3.63) is 46.6 Å². The molecule has 2 aliphatic heterocycles. The summed E-state index contributed by atoms with van der Waals surface area (Å²) in [6, 6.07) is 7.75. The molecule has 8 N–H and O–H groups in total. The van der Waals surface area contributed by atoms with Gasteiger partial charge in [-0.05, 0) is 18.2 Å². The second-order valence-corrected chi connectivity index (χ2v) is 10.0. The average Bonchev–Trinajstić information content (AvgIpc) is 3.25. The fraction of sp³-hybridized carbons (Fsp3) is 0.444. The van der Waals surface area contributed by atoms with E-state index in [1.165, 1.54) is 31.4 Å². The topological polar surface area (TPSA) is 238 Å². The third-order valence-corrected chi connectivity index (χ3v) is 7.17. The summed E-state index contributed by atoms with van der Waals surface area (Å²) in [4.78, 5) is 12.8. The SMILES string of the molecule is COc1cc(-c2cc(=O)c3c(O)cc(O[C@@H]4OC(CO[C@@H]5OCC(O)(CO)[C@@H]5O)[C@@H](O)[C@H](O)C4O)cc3o2)ccc1O. The van der Waals surface area contributed by atoms with Crippen LogP contribution in [0, 0.1) is 0 Å². The van der Waals surface area contributed by atoms with Gasteiger partial charge < -0.3 is 69.0 Å². The maximum absolute atomic E-state index is 12.8. The molecule has 0 saturated carbocycles. The molecule has 0 spiro atoms. The first-order valence-electron chi connectivity index (χ1n) is 12.7. The van der Waals surface area contributed by atoms with E-state index in [0.717, 1.165) is 12.1 Å². The van der Waals surface area contributed by atoms with Crippen LogP contribution in [-0.4, -0.2) is 116 Å². The van der Waals surface area contributed by atoms with E-state index in [4.69, 9.17) is 28.1 Å². The van der Waals surface area contributed by atoms with Gasteiger partial charge in [0.25, 0.3) is 0 Å². The summed E-state index contributed by atoms with van der Waals surface area (Å²) in [5.74, 6) is -0.565. The molecular formula is C27H30O15. The Morgan fingerprint density at radius 3 is 2.43 bits per heavy atom. The second kappa shape index (κ2) is 11.6. The summed E-state index contributed by atoms with van der Waals surface area (Å²) in [6.45, 7) is -1.70. The molecule has 8 atom stereocenters. The number of rotatable bonds is 8. The summed E-state index contributed by atoms with van der Waals surface area (Å²) in [5.41, 5.74) is -2.25. The van der Waals surface area contributed by atoms with Gasteiger partial charge in [-0.15, -0.1) is 0 Å². The van der Waals surface area contributed by atoms with Crippen molar-refractivity contribution < 1.29 is 69.0 Å². The zero-order chi connectivity index (χ0) is 30.3. The van der Waals surface area contributed by atoms with Crippen molar-refractivity contribution in [1.82, 2.24) is 0 Å². The van der Waals surface area contributed by atoms with Gasteiger partial charge in [-0.1, -0.05) is 0 Å². The minimum atomic E-state index is -1.95. The van der Waals surface area contributed by atoms with Crippen molar-refractivity contribution in [3.8, 4) is 34.3 Å². The molecule has 3 unspecified atom stereocenters. The average molecular weight is 595 g/mol. The van der Waals surface area contributed by atoms with Crippen LogP contribution in [0.25, 0.3) is 22.3 Å². The van der Waals surface area contributed by atoms with Gasteiger partial charge in [0, 0.05) is 23.8 Å². The largest absolute Gasteiger partial charge is 0.507 e. The van der Waals surface area contributed by atoms with Crippen LogP contribution in [0.15, 0.2) is 45.6 Å². The summed E-state index contributed by atoms with van der Waals surface area (Å²) < 4.78 is 32.7. The minimum absolute atomic E-state index is 0.0801. The van der Waals surface area contributed by atoms with Crippen molar-refractivity contribution in [2.45, 2.75) is 48.7 Å². The Labute approximate surface area is 236 Å². The van der Waals surface area contributed by atoms with Crippen LogP contribution in [0.4, 0.5) is 0 Å². The fourth-order valence-corrected chi connectivity index (χ4v) is 4.69. The van der Waals surface area contributed by atoms with E-state index in [2.05, 4.69) is 0 Å². The van der Waals surface area contributed by atoms with E-state index >= 15 is 0 Å². The quantitative estimate of drug-likeness (QED) is 0.148. The maximum Gasteiger partial charge on any atom is 0.229 e. The monoisotopic (exact) mass is 594 g/mol. The Morgan fingerprint density at radius 2 is 1.74 bits per heavy atom. The van der Waals surface area contributed by atoms with E-state index < -0.39 is 79.7 Å². The molecule has 0 amide bonds. The van der Waals surface area contributed by atoms with Crippen LogP contribution in [-0.2, 0) is 14.2 Å². The van der Waals surface area contributed by atoms with Gasteiger partial charge in [0.1, 0.15) is 64.3 Å². The molecule has 42 heavy (non-hydrogen) atoms. The van der Waals surface area contributed by atoms with Gasteiger partial charge in [-0.2, -0.15) is 0 Å². The van der Waals surface area contributed by atoms with Crippen LogP contribution in [0.1, 0.15) is 0 Å². The lowest BCUT2D eigenvalue weighted by atomic mass is 9.99. The highest BCUT2D eigenvalue weighted by Gasteiger charge is 2.50. The number of aromatic hydroxyl groups is 2. The molecule has 15 heteroatoms. The number of hydrogen-bond donors (Lipinski definition) is 8. The number of phenolic OH excluding ortho intramolecular Hbond substituents is 2. The van der Waals surface area contributed by atoms with Gasteiger partial charge in [0.2, 0.25) is 6.29 Å². The Morgan fingerprint density at radius 1 is 0.976 bits per heavy atom. The number of aliphatic hydroxyl groups is 6. The third-order valence-electron chi connectivity index (χ3n) is 7.17. The summed E-state index contributed by atoms with van der Waals surface area (Å²) in [7, 11) is 1.36. The lowest BCUT2D eigenvalue weighted by molar-refractivity contribution is -0.289. The van der Waals surface area contributed by atoms with Crippen molar-refractivity contribution in [2.24, 2.45) is 0 Å². The molecule has 0 bridgehead atoms. The zero-order valence-corrected chi connectivity index (χ0v) is 22.1. The van der Waals surface area contributed by atoms with Gasteiger partial charge in [-0.25, -0.2) is 0 Å². The first-order valence-corrected chi connectivity index (χ1v) is 12.7. The number of ether oxygens (including phenoxy) is 5. The first kappa shape index (κ1) is 30.0. The van der Waals surface area contributed by atoms with Gasteiger partial charge in [-0.3, -0.25) is 4.79 Å². The Kier molecular flexibility index (Phi) is 8.30. The predicted molar refractivity (Wildman–Crippen MR) is 139 cm³/mol. The number of aliphatic hydroxyl groups excluding tert-OH is 5. The summed E-state index contributed by atoms with van der Waals surface area (Å²) >= 11 is 0. The molecule has 228 valence electrons.